The lowest BCUT2D eigenvalue weighted by Crippen LogP contribution is -2.60. The van der Waals surface area contributed by atoms with Crippen molar-refractivity contribution in [3.05, 3.63) is 0 Å². The number of ether oxygens (including phenoxy) is 1. The number of carboxylic acid groups (broad SMARTS) is 1. The molecule has 0 spiro atoms. The third-order valence-electron chi connectivity index (χ3n) is 2.99. The molecule has 104 valence electrons. The van der Waals surface area contributed by atoms with Gasteiger partial charge in [0.15, 0.2) is 0 Å². The number of carbonyl (C=O) groups excluding carboxylic acids is 1. The molecule has 6 nitrogen and oxygen atoms in total. The number of alkyl carbamates (subject to hydrolysis) is 1. The van der Waals surface area contributed by atoms with Gasteiger partial charge in [-0.05, 0) is 40.7 Å². The summed E-state index contributed by atoms with van der Waals surface area (Å²) >= 11 is 0. The highest BCUT2D eigenvalue weighted by molar-refractivity contribution is 5.84. The zero-order valence-electron chi connectivity index (χ0n) is 11.4. The molecule has 1 fully saturated rings. The first-order valence-electron chi connectivity index (χ1n) is 6.08. The molecule has 0 aliphatic carbocycles. The van der Waals surface area contributed by atoms with E-state index in [1.54, 1.807) is 20.8 Å². The number of carbonyl (C=O) groups is 2. The molecule has 1 heterocycles. The second-order valence-electron chi connectivity index (χ2n) is 5.82. The summed E-state index contributed by atoms with van der Waals surface area (Å²) in [5.41, 5.74) is -1.83. The van der Waals surface area contributed by atoms with Gasteiger partial charge in [0.1, 0.15) is 11.1 Å². The predicted molar refractivity (Wildman–Crippen MR) is 66.5 cm³/mol. The summed E-state index contributed by atoms with van der Waals surface area (Å²) < 4.78 is 5.12. The van der Waals surface area contributed by atoms with E-state index in [4.69, 9.17) is 4.74 Å². The molecule has 1 aliphatic rings. The maximum Gasteiger partial charge on any atom is 0.408 e. The van der Waals surface area contributed by atoms with Crippen LogP contribution in [0.5, 0.6) is 0 Å². The van der Waals surface area contributed by atoms with Gasteiger partial charge < -0.3 is 20.1 Å². The van der Waals surface area contributed by atoms with Gasteiger partial charge in [0.25, 0.3) is 0 Å². The summed E-state index contributed by atoms with van der Waals surface area (Å²) in [6.45, 7) is 6.52. The molecule has 0 aromatic rings. The summed E-state index contributed by atoms with van der Waals surface area (Å²) in [7, 11) is 1.93. The van der Waals surface area contributed by atoms with Gasteiger partial charge in [-0.2, -0.15) is 0 Å². The van der Waals surface area contributed by atoms with Crippen molar-refractivity contribution in [2.24, 2.45) is 0 Å². The van der Waals surface area contributed by atoms with Crippen molar-refractivity contribution in [3.8, 4) is 0 Å². The molecule has 2 N–H and O–H groups in total. The van der Waals surface area contributed by atoms with E-state index in [1.165, 1.54) is 0 Å². The maximum atomic E-state index is 11.7. The van der Waals surface area contributed by atoms with Crippen LogP contribution in [-0.4, -0.2) is 53.3 Å². The molecule has 18 heavy (non-hydrogen) atoms. The van der Waals surface area contributed by atoms with Crippen molar-refractivity contribution in [2.45, 2.75) is 44.8 Å². The predicted octanol–water partition coefficient (Wildman–Crippen LogP) is 1.06. The van der Waals surface area contributed by atoms with E-state index in [0.29, 0.717) is 25.9 Å². The number of nitrogens with zero attached hydrogens (tertiary/aromatic N) is 1. The molecule has 0 saturated carbocycles. The smallest absolute Gasteiger partial charge is 0.408 e. The van der Waals surface area contributed by atoms with Gasteiger partial charge >= 0.3 is 12.1 Å². The Kier molecular flexibility index (Phi) is 4.21. The van der Waals surface area contributed by atoms with Crippen LogP contribution < -0.4 is 5.32 Å². The average Bonchev–Trinajstić information content (AvgIpc) is 2.18. The molecule has 0 radical (unpaired) electrons. The van der Waals surface area contributed by atoms with Crippen molar-refractivity contribution < 1.29 is 19.4 Å². The topological polar surface area (TPSA) is 78.9 Å². The average molecular weight is 258 g/mol. The minimum atomic E-state index is -1.20. The number of carboxylic acids is 1. The number of rotatable bonds is 2. The summed E-state index contributed by atoms with van der Waals surface area (Å²) in [6, 6.07) is 0. The first-order valence-corrected chi connectivity index (χ1v) is 6.08. The lowest BCUT2D eigenvalue weighted by Gasteiger charge is -2.38. The Morgan fingerprint density at radius 1 is 1.28 bits per heavy atom. The largest absolute Gasteiger partial charge is 0.480 e. The van der Waals surface area contributed by atoms with Gasteiger partial charge in [0.05, 0.1) is 0 Å². The van der Waals surface area contributed by atoms with Crippen molar-refractivity contribution >= 4 is 12.1 Å². The van der Waals surface area contributed by atoms with Crippen LogP contribution in [0.1, 0.15) is 33.6 Å². The standard InChI is InChI=1S/C12H22N2O4/c1-11(2,3)18-10(17)13-12(9(15)16)5-7-14(4)8-6-12/h5-8H2,1-4H3,(H,13,17)(H,15,16). The Balaban J connectivity index is 2.70. The number of nitrogens with one attached hydrogen (secondary N) is 1. The van der Waals surface area contributed by atoms with Gasteiger partial charge in [-0.15, -0.1) is 0 Å². The molecule has 0 bridgehead atoms. The third-order valence-corrected chi connectivity index (χ3v) is 2.99. The highest BCUT2D eigenvalue weighted by Crippen LogP contribution is 2.22. The number of likely N-dealkylation sites (tertiary alicyclic amines) is 1. The summed E-state index contributed by atoms with van der Waals surface area (Å²) in [5.74, 6) is -0.999. The fourth-order valence-electron chi connectivity index (χ4n) is 1.89. The fourth-order valence-corrected chi connectivity index (χ4v) is 1.89. The van der Waals surface area contributed by atoms with Crippen LogP contribution in [0.15, 0.2) is 0 Å². The summed E-state index contributed by atoms with van der Waals surface area (Å²) in [6.07, 6.45) is 0.102. The maximum absolute atomic E-state index is 11.7. The fraction of sp³-hybridized carbons (Fsp3) is 0.833. The molecule has 0 aromatic heterocycles. The quantitative estimate of drug-likeness (QED) is 0.774. The summed E-state index contributed by atoms with van der Waals surface area (Å²) in [4.78, 5) is 25.1. The third kappa shape index (κ3) is 3.87. The lowest BCUT2D eigenvalue weighted by molar-refractivity contribution is -0.147. The molecule has 1 aliphatic heterocycles. The van der Waals surface area contributed by atoms with E-state index in [9.17, 15) is 14.7 Å². The van der Waals surface area contributed by atoms with E-state index < -0.39 is 23.2 Å². The monoisotopic (exact) mass is 258 g/mol. The highest BCUT2D eigenvalue weighted by Gasteiger charge is 2.43. The van der Waals surface area contributed by atoms with Gasteiger partial charge in [-0.3, -0.25) is 0 Å². The number of aliphatic carboxylic acids is 1. The molecule has 6 heteroatoms. The Morgan fingerprint density at radius 3 is 2.17 bits per heavy atom. The number of hydrogen-bond donors (Lipinski definition) is 2. The lowest BCUT2D eigenvalue weighted by atomic mass is 9.88. The second-order valence-corrected chi connectivity index (χ2v) is 5.82. The Bertz CT molecular complexity index is 327. The van der Waals surface area contributed by atoms with Crippen LogP contribution in [0.4, 0.5) is 4.79 Å². The molecule has 0 aromatic carbocycles. The molecule has 1 saturated heterocycles. The SMILES string of the molecule is CN1CCC(NC(=O)OC(C)(C)C)(C(=O)O)CC1. The van der Waals surface area contributed by atoms with Crippen molar-refractivity contribution in [2.75, 3.05) is 20.1 Å². The molecular weight excluding hydrogens is 236 g/mol. The summed E-state index contributed by atoms with van der Waals surface area (Å²) in [5, 5.41) is 11.9. The van der Waals surface area contributed by atoms with Gasteiger partial charge in [-0.25, -0.2) is 9.59 Å². The first-order chi connectivity index (χ1) is 8.15. The van der Waals surface area contributed by atoms with E-state index in [-0.39, 0.29) is 0 Å². The van der Waals surface area contributed by atoms with Gasteiger partial charge in [0.2, 0.25) is 0 Å². The number of hydrogen-bond acceptors (Lipinski definition) is 4. The van der Waals surface area contributed by atoms with Crippen molar-refractivity contribution in [1.82, 2.24) is 10.2 Å². The zero-order valence-corrected chi connectivity index (χ0v) is 11.4. The van der Waals surface area contributed by atoms with Gasteiger partial charge in [-0.1, -0.05) is 0 Å². The van der Waals surface area contributed by atoms with Gasteiger partial charge in [0, 0.05) is 13.1 Å². The van der Waals surface area contributed by atoms with Crippen LogP contribution in [0.25, 0.3) is 0 Å². The first kappa shape index (κ1) is 14.8. The van der Waals surface area contributed by atoms with E-state index >= 15 is 0 Å². The Morgan fingerprint density at radius 2 is 1.78 bits per heavy atom. The Labute approximate surface area is 107 Å². The molecule has 0 unspecified atom stereocenters. The van der Waals surface area contributed by atoms with E-state index in [2.05, 4.69) is 5.32 Å². The molecule has 0 atom stereocenters. The number of piperidine rings is 1. The number of amides is 1. The van der Waals surface area contributed by atoms with Crippen LogP contribution in [-0.2, 0) is 9.53 Å². The minimum absolute atomic E-state index is 0.387. The van der Waals surface area contributed by atoms with E-state index in [1.807, 2.05) is 11.9 Å². The van der Waals surface area contributed by atoms with Crippen LogP contribution >= 0.6 is 0 Å². The van der Waals surface area contributed by atoms with Crippen LogP contribution in [0.3, 0.4) is 0 Å². The van der Waals surface area contributed by atoms with Crippen LogP contribution in [0.2, 0.25) is 0 Å². The highest BCUT2D eigenvalue weighted by atomic mass is 16.6. The Hall–Kier alpha value is -1.30. The molecule has 1 amide bonds. The van der Waals surface area contributed by atoms with Crippen molar-refractivity contribution in [1.29, 1.82) is 0 Å². The molecular formula is C12H22N2O4. The normalized spacial score (nSPS) is 20.2. The second kappa shape index (κ2) is 5.14. The minimum Gasteiger partial charge on any atom is -0.480 e. The van der Waals surface area contributed by atoms with Crippen LogP contribution in [0, 0.1) is 0 Å². The zero-order chi connectivity index (χ0) is 14.0. The molecule has 1 rings (SSSR count). The van der Waals surface area contributed by atoms with E-state index in [0.717, 1.165) is 0 Å². The van der Waals surface area contributed by atoms with Crippen molar-refractivity contribution in [3.63, 3.8) is 0 Å².